The normalized spacial score (nSPS) is 9.56. The van der Waals surface area contributed by atoms with Crippen molar-refractivity contribution in [2.24, 2.45) is 5.73 Å². The number of aromatic nitrogens is 2. The largest absolute Gasteiger partial charge is 0.342 e. The van der Waals surface area contributed by atoms with E-state index in [1.165, 1.54) is 0 Å². The Bertz CT molecular complexity index is 381. The van der Waals surface area contributed by atoms with E-state index in [1.54, 1.807) is 0 Å². The number of aryl methyl sites for hydroxylation is 1. The van der Waals surface area contributed by atoms with Crippen molar-refractivity contribution in [3.63, 3.8) is 0 Å². The first-order valence-electron chi connectivity index (χ1n) is 5.04. The molecule has 0 spiro atoms. The first-order chi connectivity index (χ1) is 6.90. The third kappa shape index (κ3) is 3.67. The fourth-order valence-electron chi connectivity index (χ4n) is 1.56. The van der Waals surface area contributed by atoms with Gasteiger partial charge < -0.3 is 10.7 Å². The van der Waals surface area contributed by atoms with Crippen molar-refractivity contribution in [2.45, 2.75) is 19.3 Å². The predicted octanol–water partition coefficient (Wildman–Crippen LogP) is 2.69. The summed E-state index contributed by atoms with van der Waals surface area (Å²) in [5.74, 6) is 1.07. The van der Waals surface area contributed by atoms with Crippen LogP contribution in [0.5, 0.6) is 0 Å². The van der Waals surface area contributed by atoms with Crippen LogP contribution in [0.25, 0.3) is 11.0 Å². The molecular weight excluding hydrogens is 245 g/mol. The summed E-state index contributed by atoms with van der Waals surface area (Å²) in [6.07, 6.45) is 3.17. The Labute approximate surface area is 108 Å². The monoisotopic (exact) mass is 261 g/mol. The smallest absolute Gasteiger partial charge is 0.107 e. The molecule has 3 nitrogen and oxygen atoms in total. The van der Waals surface area contributed by atoms with Gasteiger partial charge >= 0.3 is 0 Å². The molecule has 0 amide bonds. The number of nitrogens with two attached hydrogens (primary N) is 1. The fraction of sp³-hybridized carbons (Fsp3) is 0.364. The summed E-state index contributed by atoms with van der Waals surface area (Å²) in [4.78, 5) is 7.79. The van der Waals surface area contributed by atoms with E-state index in [0.717, 1.165) is 42.7 Å². The highest BCUT2D eigenvalue weighted by Gasteiger charge is 2.00. The highest BCUT2D eigenvalue weighted by atomic mass is 35.5. The number of unbranched alkanes of at least 4 members (excludes halogenated alkanes) is 1. The van der Waals surface area contributed by atoms with E-state index in [1.807, 2.05) is 18.2 Å². The topological polar surface area (TPSA) is 54.7 Å². The molecule has 0 aliphatic rings. The molecule has 0 radical (unpaired) electrons. The van der Waals surface area contributed by atoms with Crippen molar-refractivity contribution in [2.75, 3.05) is 6.54 Å². The molecule has 0 saturated carbocycles. The van der Waals surface area contributed by atoms with Crippen molar-refractivity contribution in [3.8, 4) is 0 Å². The number of para-hydroxylation sites is 2. The van der Waals surface area contributed by atoms with Crippen LogP contribution < -0.4 is 5.73 Å². The first-order valence-corrected chi connectivity index (χ1v) is 5.04. The van der Waals surface area contributed by atoms with E-state index in [9.17, 15) is 0 Å². The zero-order valence-electron chi connectivity index (χ0n) is 8.98. The van der Waals surface area contributed by atoms with Gasteiger partial charge in [0.1, 0.15) is 5.82 Å². The van der Waals surface area contributed by atoms with Crippen LogP contribution in [0.3, 0.4) is 0 Å². The molecule has 2 aromatic rings. The minimum Gasteiger partial charge on any atom is -0.342 e. The summed E-state index contributed by atoms with van der Waals surface area (Å²) in [6.45, 7) is 0.764. The molecule has 0 atom stereocenters. The number of nitrogens with zero attached hydrogens (tertiary/aromatic N) is 1. The van der Waals surface area contributed by atoms with Crippen LogP contribution in [0, 0.1) is 0 Å². The second-order valence-electron chi connectivity index (χ2n) is 3.45. The Hall–Kier alpha value is -0.770. The molecule has 16 heavy (non-hydrogen) atoms. The maximum atomic E-state index is 5.44. The summed E-state index contributed by atoms with van der Waals surface area (Å²) in [5, 5.41) is 0. The summed E-state index contributed by atoms with van der Waals surface area (Å²) in [7, 11) is 0. The van der Waals surface area contributed by atoms with Crippen LogP contribution >= 0.6 is 24.8 Å². The van der Waals surface area contributed by atoms with Gasteiger partial charge in [-0.3, -0.25) is 0 Å². The van der Waals surface area contributed by atoms with Crippen LogP contribution in [-0.4, -0.2) is 16.5 Å². The molecule has 2 rings (SSSR count). The Morgan fingerprint density at radius 2 is 1.88 bits per heavy atom. The number of nitrogens with one attached hydrogen (secondary N) is 1. The quantitative estimate of drug-likeness (QED) is 0.832. The van der Waals surface area contributed by atoms with Crippen molar-refractivity contribution in [1.82, 2.24) is 9.97 Å². The Kier molecular flexibility index (Phi) is 7.13. The van der Waals surface area contributed by atoms with Crippen molar-refractivity contribution >= 4 is 35.8 Å². The number of H-pyrrole nitrogens is 1. The second-order valence-corrected chi connectivity index (χ2v) is 3.45. The molecule has 3 N–H and O–H groups in total. The SMILES string of the molecule is Cl.Cl.NCCCCc1nc2ccccc2[nH]1. The lowest BCUT2D eigenvalue weighted by atomic mass is 10.2. The first kappa shape index (κ1) is 15.2. The zero-order valence-corrected chi connectivity index (χ0v) is 10.6. The average molecular weight is 262 g/mol. The van der Waals surface area contributed by atoms with Gasteiger partial charge in [0.15, 0.2) is 0 Å². The van der Waals surface area contributed by atoms with Crippen molar-refractivity contribution in [3.05, 3.63) is 30.1 Å². The zero-order chi connectivity index (χ0) is 9.80. The molecule has 0 bridgehead atoms. The van der Waals surface area contributed by atoms with Crippen LogP contribution in [0.2, 0.25) is 0 Å². The fourth-order valence-corrected chi connectivity index (χ4v) is 1.56. The molecule has 1 aromatic heterocycles. The van der Waals surface area contributed by atoms with E-state index >= 15 is 0 Å². The van der Waals surface area contributed by atoms with Gasteiger partial charge in [0.2, 0.25) is 0 Å². The average Bonchev–Trinajstić information content (AvgIpc) is 2.60. The molecule has 5 heteroatoms. The van der Waals surface area contributed by atoms with Gasteiger partial charge in [0.05, 0.1) is 11.0 Å². The minimum absolute atomic E-state index is 0. The Morgan fingerprint density at radius 3 is 2.56 bits per heavy atom. The molecule has 1 aromatic carbocycles. The van der Waals surface area contributed by atoms with Crippen LogP contribution in [0.1, 0.15) is 18.7 Å². The third-order valence-electron chi connectivity index (χ3n) is 2.31. The van der Waals surface area contributed by atoms with Gasteiger partial charge in [-0.25, -0.2) is 4.98 Å². The van der Waals surface area contributed by atoms with Gasteiger partial charge in [0, 0.05) is 6.42 Å². The van der Waals surface area contributed by atoms with Crippen molar-refractivity contribution in [1.29, 1.82) is 0 Å². The highest BCUT2D eigenvalue weighted by molar-refractivity contribution is 5.85. The van der Waals surface area contributed by atoms with E-state index in [2.05, 4.69) is 16.0 Å². The lowest BCUT2D eigenvalue weighted by Crippen LogP contribution is -1.99. The summed E-state index contributed by atoms with van der Waals surface area (Å²) in [6, 6.07) is 8.10. The van der Waals surface area contributed by atoms with Gasteiger partial charge in [0.25, 0.3) is 0 Å². The van der Waals surface area contributed by atoms with E-state index < -0.39 is 0 Å². The molecule has 0 unspecified atom stereocenters. The van der Waals surface area contributed by atoms with Gasteiger partial charge in [-0.1, -0.05) is 12.1 Å². The molecular formula is C11H17Cl2N3. The predicted molar refractivity (Wildman–Crippen MR) is 72.6 cm³/mol. The number of rotatable bonds is 4. The van der Waals surface area contributed by atoms with Gasteiger partial charge in [-0.2, -0.15) is 0 Å². The molecule has 0 aliphatic heterocycles. The number of hydrogen-bond acceptors (Lipinski definition) is 2. The van der Waals surface area contributed by atoms with Crippen LogP contribution in [-0.2, 0) is 6.42 Å². The lowest BCUT2D eigenvalue weighted by molar-refractivity contribution is 0.724. The second kappa shape index (κ2) is 7.49. The lowest BCUT2D eigenvalue weighted by Gasteiger charge is -1.93. The van der Waals surface area contributed by atoms with E-state index in [4.69, 9.17) is 5.73 Å². The Balaban J connectivity index is 0.00000112. The minimum atomic E-state index is 0. The maximum Gasteiger partial charge on any atom is 0.107 e. The standard InChI is InChI=1S/C11H15N3.2ClH/c12-8-4-3-7-11-13-9-5-1-2-6-10(9)14-11;;/h1-2,5-6H,3-4,7-8,12H2,(H,13,14);2*1H. The van der Waals surface area contributed by atoms with Crippen LogP contribution in [0.4, 0.5) is 0 Å². The molecule has 0 aliphatic carbocycles. The van der Waals surface area contributed by atoms with Gasteiger partial charge in [-0.15, -0.1) is 24.8 Å². The van der Waals surface area contributed by atoms with E-state index in [-0.39, 0.29) is 24.8 Å². The summed E-state index contributed by atoms with van der Waals surface area (Å²) >= 11 is 0. The molecule has 0 saturated heterocycles. The highest BCUT2D eigenvalue weighted by Crippen LogP contribution is 2.11. The third-order valence-corrected chi connectivity index (χ3v) is 2.31. The summed E-state index contributed by atoms with van der Waals surface area (Å²) in [5.41, 5.74) is 7.61. The Morgan fingerprint density at radius 1 is 1.12 bits per heavy atom. The van der Waals surface area contributed by atoms with E-state index in [0.29, 0.717) is 0 Å². The number of fused-ring (bicyclic) bond motifs is 1. The number of hydrogen-bond donors (Lipinski definition) is 2. The molecule has 0 fully saturated rings. The number of benzene rings is 1. The number of aromatic amines is 1. The molecule has 1 heterocycles. The van der Waals surface area contributed by atoms with Gasteiger partial charge in [-0.05, 0) is 31.5 Å². The summed E-state index contributed by atoms with van der Waals surface area (Å²) < 4.78 is 0. The number of halogens is 2. The van der Waals surface area contributed by atoms with Crippen molar-refractivity contribution < 1.29 is 0 Å². The maximum absolute atomic E-state index is 5.44. The van der Waals surface area contributed by atoms with Crippen LogP contribution in [0.15, 0.2) is 24.3 Å². The number of imidazole rings is 1. The molecule has 90 valence electrons.